The number of amides is 1. The van der Waals surface area contributed by atoms with Gasteiger partial charge in [0.15, 0.2) is 0 Å². The highest BCUT2D eigenvalue weighted by Gasteiger charge is 2.08. The number of nitrogens with two attached hydrogens (primary N) is 1. The molecule has 118 valence electrons. The van der Waals surface area contributed by atoms with E-state index in [4.69, 9.17) is 5.73 Å². The number of sulfonamides is 1. The van der Waals surface area contributed by atoms with Crippen LogP contribution in [0, 0.1) is 0 Å². The molecule has 0 heterocycles. The zero-order valence-corrected chi connectivity index (χ0v) is 13.2. The summed E-state index contributed by atoms with van der Waals surface area (Å²) in [6.45, 7) is 4.23. The largest absolute Gasteiger partial charge is 0.352 e. The first-order valence-corrected chi connectivity index (χ1v) is 8.59. The molecule has 7 heteroatoms. The van der Waals surface area contributed by atoms with Gasteiger partial charge in [0.05, 0.1) is 5.75 Å². The van der Waals surface area contributed by atoms with E-state index in [1.54, 1.807) is 31.2 Å². The maximum atomic E-state index is 11.8. The minimum absolute atomic E-state index is 0.0487. The van der Waals surface area contributed by atoms with Crippen molar-refractivity contribution >= 4 is 15.9 Å². The number of hydrogen-bond acceptors (Lipinski definition) is 4. The molecule has 0 aliphatic heterocycles. The molecule has 6 nitrogen and oxygen atoms in total. The van der Waals surface area contributed by atoms with Crippen molar-refractivity contribution in [2.24, 2.45) is 5.73 Å². The van der Waals surface area contributed by atoms with E-state index in [2.05, 4.69) is 10.0 Å². The van der Waals surface area contributed by atoms with Gasteiger partial charge in [0.25, 0.3) is 5.91 Å². The van der Waals surface area contributed by atoms with E-state index in [0.29, 0.717) is 12.1 Å². The van der Waals surface area contributed by atoms with Gasteiger partial charge in [-0.15, -0.1) is 0 Å². The lowest BCUT2D eigenvalue weighted by atomic mass is 10.1. The van der Waals surface area contributed by atoms with Crippen molar-refractivity contribution in [1.82, 2.24) is 10.0 Å². The van der Waals surface area contributed by atoms with Crippen LogP contribution < -0.4 is 15.8 Å². The Morgan fingerprint density at radius 1 is 1.29 bits per heavy atom. The molecule has 0 fully saturated rings. The molecule has 1 rings (SSSR count). The van der Waals surface area contributed by atoms with Crippen molar-refractivity contribution in [3.63, 3.8) is 0 Å². The number of benzene rings is 1. The van der Waals surface area contributed by atoms with Gasteiger partial charge in [0.1, 0.15) is 0 Å². The summed E-state index contributed by atoms with van der Waals surface area (Å²) in [4.78, 5) is 11.8. The van der Waals surface area contributed by atoms with Crippen LogP contribution in [0.2, 0.25) is 0 Å². The van der Waals surface area contributed by atoms with Gasteiger partial charge < -0.3 is 11.1 Å². The Balaban J connectivity index is 2.51. The summed E-state index contributed by atoms with van der Waals surface area (Å²) in [6, 6.07) is 6.88. The molecule has 1 amide bonds. The van der Waals surface area contributed by atoms with Crippen LogP contribution >= 0.6 is 0 Å². The number of carbonyl (C=O) groups excluding carboxylic acids is 1. The summed E-state index contributed by atoms with van der Waals surface area (Å²) in [5.41, 5.74) is 6.96. The van der Waals surface area contributed by atoms with Crippen LogP contribution in [0.1, 0.15) is 36.2 Å². The Bertz CT molecular complexity index is 553. The van der Waals surface area contributed by atoms with Gasteiger partial charge in [-0.2, -0.15) is 0 Å². The normalized spacial score (nSPS) is 12.9. The fourth-order valence-corrected chi connectivity index (χ4v) is 2.18. The third-order valence-electron chi connectivity index (χ3n) is 2.98. The predicted molar refractivity (Wildman–Crippen MR) is 83.3 cm³/mol. The highest BCUT2D eigenvalue weighted by atomic mass is 32.2. The first-order valence-electron chi connectivity index (χ1n) is 6.94. The molecule has 1 aromatic rings. The van der Waals surface area contributed by atoms with Crippen molar-refractivity contribution in [3.8, 4) is 0 Å². The quantitative estimate of drug-likeness (QED) is 0.654. The molecule has 1 aromatic carbocycles. The Morgan fingerprint density at radius 2 is 1.90 bits per heavy atom. The minimum atomic E-state index is -3.21. The smallest absolute Gasteiger partial charge is 0.251 e. The zero-order chi connectivity index (χ0) is 15.9. The van der Waals surface area contributed by atoms with Gasteiger partial charge >= 0.3 is 0 Å². The third kappa shape index (κ3) is 6.70. The third-order valence-corrected chi connectivity index (χ3v) is 4.32. The molecule has 0 spiro atoms. The van der Waals surface area contributed by atoms with Crippen molar-refractivity contribution in [3.05, 3.63) is 35.4 Å². The van der Waals surface area contributed by atoms with Crippen molar-refractivity contribution in [1.29, 1.82) is 0 Å². The molecule has 0 aromatic heterocycles. The Morgan fingerprint density at radius 3 is 2.43 bits per heavy atom. The zero-order valence-electron chi connectivity index (χ0n) is 12.4. The van der Waals surface area contributed by atoms with Crippen LogP contribution in [0.3, 0.4) is 0 Å². The van der Waals surface area contributed by atoms with E-state index >= 15 is 0 Å². The van der Waals surface area contributed by atoms with Crippen molar-refractivity contribution < 1.29 is 13.2 Å². The van der Waals surface area contributed by atoms with Gasteiger partial charge in [0, 0.05) is 24.7 Å². The lowest BCUT2D eigenvalue weighted by molar-refractivity contribution is 0.0953. The van der Waals surface area contributed by atoms with E-state index < -0.39 is 10.0 Å². The van der Waals surface area contributed by atoms with Crippen LogP contribution in [0.4, 0.5) is 0 Å². The standard InChI is InChI=1S/C14H23N3O3S/c1-3-21(19,20)17-10-12-4-6-13(7-5-12)14(18)16-9-8-11(2)15/h4-7,11,17H,3,8-10,15H2,1-2H3,(H,16,18). The SMILES string of the molecule is CCS(=O)(=O)NCc1ccc(C(=O)NCCC(C)N)cc1. The van der Waals surface area contributed by atoms with Gasteiger partial charge in [-0.1, -0.05) is 12.1 Å². The maximum absolute atomic E-state index is 11.8. The topological polar surface area (TPSA) is 101 Å². The summed E-state index contributed by atoms with van der Waals surface area (Å²) < 4.78 is 25.1. The first-order chi connectivity index (χ1) is 9.84. The average Bonchev–Trinajstić information content (AvgIpc) is 2.45. The second-order valence-electron chi connectivity index (χ2n) is 4.94. The van der Waals surface area contributed by atoms with Gasteiger partial charge in [-0.3, -0.25) is 4.79 Å². The molecule has 21 heavy (non-hydrogen) atoms. The van der Waals surface area contributed by atoms with E-state index in [-0.39, 0.29) is 24.2 Å². The maximum Gasteiger partial charge on any atom is 0.251 e. The van der Waals surface area contributed by atoms with E-state index in [0.717, 1.165) is 12.0 Å². The average molecular weight is 313 g/mol. The summed E-state index contributed by atoms with van der Waals surface area (Å²) in [7, 11) is -3.21. The summed E-state index contributed by atoms with van der Waals surface area (Å²) in [5, 5.41) is 2.78. The van der Waals surface area contributed by atoms with E-state index in [9.17, 15) is 13.2 Å². The van der Waals surface area contributed by atoms with Gasteiger partial charge in [-0.05, 0) is 38.0 Å². The molecule has 0 saturated heterocycles. The lowest BCUT2D eigenvalue weighted by Crippen LogP contribution is -2.29. The highest BCUT2D eigenvalue weighted by molar-refractivity contribution is 7.89. The Hall–Kier alpha value is -1.44. The monoisotopic (exact) mass is 313 g/mol. The molecular formula is C14H23N3O3S. The summed E-state index contributed by atoms with van der Waals surface area (Å²) in [5.74, 6) is -0.108. The fraction of sp³-hybridized carbons (Fsp3) is 0.500. The van der Waals surface area contributed by atoms with Gasteiger partial charge in [-0.25, -0.2) is 13.1 Å². The van der Waals surface area contributed by atoms with E-state index in [1.165, 1.54) is 0 Å². The van der Waals surface area contributed by atoms with Crippen LogP contribution in [0.25, 0.3) is 0 Å². The number of nitrogens with one attached hydrogen (secondary N) is 2. The van der Waals surface area contributed by atoms with Crippen LogP contribution in [0.5, 0.6) is 0 Å². The molecular weight excluding hydrogens is 290 g/mol. The van der Waals surface area contributed by atoms with Crippen molar-refractivity contribution in [2.45, 2.75) is 32.9 Å². The first kappa shape index (κ1) is 17.6. The van der Waals surface area contributed by atoms with Crippen molar-refractivity contribution in [2.75, 3.05) is 12.3 Å². The highest BCUT2D eigenvalue weighted by Crippen LogP contribution is 2.05. The Labute approximate surface area is 126 Å². The van der Waals surface area contributed by atoms with Crippen LogP contribution in [-0.4, -0.2) is 32.7 Å². The van der Waals surface area contributed by atoms with E-state index in [1.807, 2.05) is 6.92 Å². The molecule has 4 N–H and O–H groups in total. The minimum Gasteiger partial charge on any atom is -0.352 e. The molecule has 0 aliphatic rings. The molecule has 0 radical (unpaired) electrons. The molecule has 1 atom stereocenters. The number of hydrogen-bond donors (Lipinski definition) is 3. The number of carbonyl (C=O) groups is 1. The Kier molecular flexibility index (Phi) is 6.80. The van der Waals surface area contributed by atoms with Crippen LogP contribution in [-0.2, 0) is 16.6 Å². The predicted octanol–water partition coefficient (Wildman–Crippen LogP) is 0.593. The summed E-state index contributed by atoms with van der Waals surface area (Å²) in [6.07, 6.45) is 0.725. The summed E-state index contributed by atoms with van der Waals surface area (Å²) >= 11 is 0. The molecule has 1 unspecified atom stereocenters. The fourth-order valence-electron chi connectivity index (χ4n) is 1.58. The second kappa shape index (κ2) is 8.11. The van der Waals surface area contributed by atoms with Crippen LogP contribution in [0.15, 0.2) is 24.3 Å². The molecule has 0 aliphatic carbocycles. The number of rotatable bonds is 8. The lowest BCUT2D eigenvalue weighted by Gasteiger charge is -2.08. The molecule has 0 bridgehead atoms. The van der Waals surface area contributed by atoms with Gasteiger partial charge in [0.2, 0.25) is 10.0 Å². The second-order valence-corrected chi connectivity index (χ2v) is 7.04. The molecule has 0 saturated carbocycles.